The van der Waals surface area contributed by atoms with Crippen molar-refractivity contribution in [3.63, 3.8) is 0 Å². The summed E-state index contributed by atoms with van der Waals surface area (Å²) in [6.45, 7) is 7.98. The van der Waals surface area contributed by atoms with E-state index in [0.29, 0.717) is 12.8 Å². The van der Waals surface area contributed by atoms with E-state index >= 15 is 0 Å². The molecule has 0 heterocycles. The lowest BCUT2D eigenvalue weighted by Crippen LogP contribution is -2.12. The summed E-state index contributed by atoms with van der Waals surface area (Å²) in [5, 5.41) is 10.4. The van der Waals surface area contributed by atoms with Crippen molar-refractivity contribution in [1.29, 1.82) is 0 Å². The molecule has 0 fully saturated rings. The zero-order valence-electron chi connectivity index (χ0n) is 18.7. The highest BCUT2D eigenvalue weighted by molar-refractivity contribution is 5.77. The van der Waals surface area contributed by atoms with Gasteiger partial charge in [-0.1, -0.05) is 71.3 Å². The number of unbranched alkanes of at least 4 members (excludes halogenated alkanes) is 8. The fourth-order valence-electron chi connectivity index (χ4n) is 3.19. The monoisotopic (exact) mass is 418 g/mol. The van der Waals surface area contributed by atoms with Crippen LogP contribution < -0.4 is 9.47 Å². The van der Waals surface area contributed by atoms with Crippen LogP contribution in [-0.4, -0.2) is 17.0 Å². The fourth-order valence-corrected chi connectivity index (χ4v) is 3.19. The largest absolute Gasteiger partial charge is 0.504 e. The summed E-state index contributed by atoms with van der Waals surface area (Å²) in [5.41, 5.74) is 0.729. The van der Waals surface area contributed by atoms with Gasteiger partial charge in [-0.05, 0) is 37.0 Å². The third-order valence-electron chi connectivity index (χ3n) is 4.88. The van der Waals surface area contributed by atoms with Gasteiger partial charge >= 0.3 is 11.9 Å². The number of hydrogen-bond acceptors (Lipinski definition) is 5. The molecule has 0 bridgehead atoms. The van der Waals surface area contributed by atoms with Crippen LogP contribution in [0.4, 0.5) is 0 Å². The van der Waals surface area contributed by atoms with Crippen molar-refractivity contribution in [2.75, 3.05) is 0 Å². The number of rotatable bonds is 16. The number of phenolic OH excluding ortho intramolecular Hbond substituents is 1. The summed E-state index contributed by atoms with van der Waals surface area (Å²) in [7, 11) is 0. The first-order valence-corrected chi connectivity index (χ1v) is 11.4. The van der Waals surface area contributed by atoms with Gasteiger partial charge in [-0.2, -0.15) is 0 Å². The minimum atomic E-state index is -0.435. The molecule has 5 nitrogen and oxygen atoms in total. The Labute approximate surface area is 181 Å². The van der Waals surface area contributed by atoms with E-state index in [2.05, 4.69) is 20.4 Å². The Kier molecular flexibility index (Phi) is 13.3. The maximum Gasteiger partial charge on any atom is 0.311 e. The second kappa shape index (κ2) is 15.5. The third-order valence-corrected chi connectivity index (χ3v) is 4.88. The van der Waals surface area contributed by atoms with Gasteiger partial charge in [0, 0.05) is 12.8 Å². The number of carbonyl (C=O) groups excluding carboxylic acids is 2. The van der Waals surface area contributed by atoms with Crippen LogP contribution in [0.5, 0.6) is 17.2 Å². The molecule has 0 saturated carbocycles. The molecule has 0 unspecified atom stereocenters. The van der Waals surface area contributed by atoms with Crippen LogP contribution in [0.3, 0.4) is 0 Å². The van der Waals surface area contributed by atoms with Gasteiger partial charge < -0.3 is 14.6 Å². The Balaban J connectivity index is 2.75. The topological polar surface area (TPSA) is 72.8 Å². The lowest BCUT2D eigenvalue weighted by Gasteiger charge is -2.14. The summed E-state index contributed by atoms with van der Waals surface area (Å²) < 4.78 is 10.9. The molecule has 0 aliphatic rings. The molecule has 0 aliphatic carbocycles. The van der Waals surface area contributed by atoms with Crippen LogP contribution in [0, 0.1) is 0 Å². The normalized spacial score (nSPS) is 10.6. The van der Waals surface area contributed by atoms with Crippen molar-refractivity contribution in [3.05, 3.63) is 30.4 Å². The van der Waals surface area contributed by atoms with Gasteiger partial charge in [-0.3, -0.25) is 9.59 Å². The molecule has 0 spiro atoms. The Morgan fingerprint density at radius 1 is 0.867 bits per heavy atom. The zero-order chi connectivity index (χ0) is 22.2. The number of benzene rings is 1. The molecule has 0 amide bonds. The van der Waals surface area contributed by atoms with Crippen LogP contribution in [0.1, 0.15) is 96.5 Å². The molecule has 0 atom stereocenters. The molecule has 0 aromatic heterocycles. The molecule has 0 aliphatic heterocycles. The van der Waals surface area contributed by atoms with E-state index in [1.165, 1.54) is 6.07 Å². The third kappa shape index (κ3) is 10.5. The van der Waals surface area contributed by atoms with E-state index in [-0.39, 0.29) is 23.7 Å². The predicted molar refractivity (Wildman–Crippen MR) is 120 cm³/mol. The molecule has 168 valence electrons. The van der Waals surface area contributed by atoms with Gasteiger partial charge in [-0.15, -0.1) is 6.58 Å². The Hall–Kier alpha value is -2.30. The van der Waals surface area contributed by atoms with Crippen LogP contribution >= 0.6 is 0 Å². The number of aromatic hydroxyl groups is 1. The minimum Gasteiger partial charge on any atom is -0.504 e. The molecular weight excluding hydrogens is 380 g/mol. The summed E-state index contributed by atoms with van der Waals surface area (Å²) in [6.07, 6.45) is 13.0. The van der Waals surface area contributed by atoms with E-state index in [1.807, 2.05) is 0 Å². The Morgan fingerprint density at radius 3 is 1.93 bits per heavy atom. The van der Waals surface area contributed by atoms with Crippen LogP contribution in [-0.2, 0) is 16.0 Å². The van der Waals surface area contributed by atoms with Gasteiger partial charge in [0.2, 0.25) is 5.75 Å². The van der Waals surface area contributed by atoms with Crippen LogP contribution in [0.15, 0.2) is 24.8 Å². The highest BCUT2D eigenvalue weighted by atomic mass is 16.6. The number of hydrogen-bond donors (Lipinski definition) is 1. The maximum absolute atomic E-state index is 12.3. The second-order valence-corrected chi connectivity index (χ2v) is 7.71. The molecule has 5 heteroatoms. The first-order valence-electron chi connectivity index (χ1n) is 11.4. The van der Waals surface area contributed by atoms with Crippen molar-refractivity contribution < 1.29 is 24.2 Å². The summed E-state index contributed by atoms with van der Waals surface area (Å²) >= 11 is 0. The first kappa shape index (κ1) is 25.7. The molecule has 0 radical (unpaired) electrons. The summed E-state index contributed by atoms with van der Waals surface area (Å²) in [5.74, 6) is -1.03. The summed E-state index contributed by atoms with van der Waals surface area (Å²) in [4.78, 5) is 24.5. The van der Waals surface area contributed by atoms with Crippen molar-refractivity contribution >= 4 is 11.9 Å². The minimum absolute atomic E-state index is 0.0827. The molecule has 0 saturated heterocycles. The molecule has 30 heavy (non-hydrogen) atoms. The van der Waals surface area contributed by atoms with Crippen molar-refractivity contribution in [2.45, 2.75) is 97.3 Å². The average Bonchev–Trinajstić information content (AvgIpc) is 2.70. The van der Waals surface area contributed by atoms with Crippen LogP contribution in [0.25, 0.3) is 0 Å². The quantitative estimate of drug-likeness (QED) is 0.141. The number of carbonyl (C=O) groups is 2. The van der Waals surface area contributed by atoms with Crippen molar-refractivity contribution in [3.8, 4) is 17.2 Å². The van der Waals surface area contributed by atoms with Crippen molar-refractivity contribution in [2.24, 2.45) is 0 Å². The van der Waals surface area contributed by atoms with Gasteiger partial charge in [0.15, 0.2) is 11.5 Å². The highest BCUT2D eigenvalue weighted by Crippen LogP contribution is 2.39. The molecular formula is C25H38O5. The predicted octanol–water partition coefficient (Wildman–Crippen LogP) is 6.65. The molecule has 1 aromatic carbocycles. The average molecular weight is 419 g/mol. The number of esters is 2. The second-order valence-electron chi connectivity index (χ2n) is 7.71. The van der Waals surface area contributed by atoms with Gasteiger partial charge in [-0.25, -0.2) is 0 Å². The van der Waals surface area contributed by atoms with E-state index in [1.54, 1.807) is 12.1 Å². The van der Waals surface area contributed by atoms with Crippen LogP contribution in [0.2, 0.25) is 0 Å². The Bertz CT molecular complexity index is 666. The molecule has 1 N–H and O–H groups in total. The number of phenols is 1. The van der Waals surface area contributed by atoms with Crippen molar-refractivity contribution in [1.82, 2.24) is 0 Å². The fraction of sp³-hybridized carbons (Fsp3) is 0.600. The summed E-state index contributed by atoms with van der Waals surface area (Å²) in [6, 6.07) is 3.13. The van der Waals surface area contributed by atoms with E-state index < -0.39 is 11.9 Å². The lowest BCUT2D eigenvalue weighted by atomic mass is 10.1. The van der Waals surface area contributed by atoms with Gasteiger partial charge in [0.25, 0.3) is 0 Å². The molecule has 1 rings (SSSR count). The van der Waals surface area contributed by atoms with E-state index in [4.69, 9.17) is 9.47 Å². The van der Waals surface area contributed by atoms with Gasteiger partial charge in [0.05, 0.1) is 0 Å². The number of allylic oxidation sites excluding steroid dienone is 1. The smallest absolute Gasteiger partial charge is 0.311 e. The van der Waals surface area contributed by atoms with E-state index in [0.717, 1.165) is 69.8 Å². The highest BCUT2D eigenvalue weighted by Gasteiger charge is 2.19. The lowest BCUT2D eigenvalue weighted by molar-refractivity contribution is -0.137. The Morgan fingerprint density at radius 2 is 1.40 bits per heavy atom. The number of ether oxygens (including phenoxy) is 2. The first-order chi connectivity index (χ1) is 14.5. The zero-order valence-corrected chi connectivity index (χ0v) is 18.7. The molecule has 1 aromatic rings. The standard InChI is InChI=1S/C25H38O5/c1-4-7-9-11-13-16-23(27)29-22-19-20(15-6-3)18-21(26)25(22)30-24(28)17-14-12-10-8-5-2/h6,18-19,26H,3-5,7-17H2,1-2H3. The maximum atomic E-state index is 12.3. The van der Waals surface area contributed by atoms with Gasteiger partial charge in [0.1, 0.15) is 0 Å². The van der Waals surface area contributed by atoms with E-state index in [9.17, 15) is 14.7 Å². The SMILES string of the molecule is C=CCc1cc(O)c(OC(=O)CCCCCCC)c(OC(=O)CCCCCCC)c1.